The van der Waals surface area contributed by atoms with Crippen LogP contribution in [0.3, 0.4) is 0 Å². The summed E-state index contributed by atoms with van der Waals surface area (Å²) in [5.41, 5.74) is 0. The van der Waals surface area contributed by atoms with Crippen LogP contribution in [0.5, 0.6) is 0 Å². The van der Waals surface area contributed by atoms with Crippen LogP contribution in [0.4, 0.5) is 0 Å². The van der Waals surface area contributed by atoms with Crippen LogP contribution in [0.25, 0.3) is 0 Å². The molecule has 0 aromatic carbocycles. The second-order valence-electron chi connectivity index (χ2n) is 4.26. The average molecular weight is 182 g/mol. The van der Waals surface area contributed by atoms with Gasteiger partial charge in [0.15, 0.2) is 0 Å². The second kappa shape index (κ2) is 8.34. The summed E-state index contributed by atoms with van der Waals surface area (Å²) in [7, 11) is 0. The smallest absolute Gasteiger partial charge is 0.0320 e. The van der Waals surface area contributed by atoms with Crippen LogP contribution >= 0.6 is 0 Å². The highest BCUT2D eigenvalue weighted by Gasteiger charge is 2.10. The molecule has 0 nitrogen and oxygen atoms in total. The fourth-order valence-corrected chi connectivity index (χ4v) is 1.63. The number of hydrogen-bond acceptors (Lipinski definition) is 0. The van der Waals surface area contributed by atoms with Crippen LogP contribution in [0.15, 0.2) is 12.2 Å². The molecule has 0 aromatic rings. The van der Waals surface area contributed by atoms with E-state index in [9.17, 15) is 0 Å². The van der Waals surface area contributed by atoms with Gasteiger partial charge in [-0.25, -0.2) is 0 Å². The van der Waals surface area contributed by atoms with Gasteiger partial charge in [0, 0.05) is 0 Å². The number of rotatable bonds is 7. The summed E-state index contributed by atoms with van der Waals surface area (Å²) < 4.78 is 0. The zero-order chi connectivity index (χ0) is 10.1. The lowest BCUT2D eigenvalue weighted by atomic mass is 9.88. The Hall–Kier alpha value is -0.260. The molecule has 0 rings (SSSR count). The van der Waals surface area contributed by atoms with E-state index in [1.54, 1.807) is 0 Å². The fraction of sp³-hybridized carbons (Fsp3) is 0.846. The summed E-state index contributed by atoms with van der Waals surface area (Å²) in [5.74, 6) is 1.75. The molecule has 0 aromatic heterocycles. The maximum atomic E-state index is 2.36. The Kier molecular flexibility index (Phi) is 8.18. The number of allylic oxidation sites excluding steroid dienone is 2. The van der Waals surface area contributed by atoms with E-state index >= 15 is 0 Å². The van der Waals surface area contributed by atoms with Gasteiger partial charge in [0.25, 0.3) is 0 Å². The van der Waals surface area contributed by atoms with Gasteiger partial charge in [0.05, 0.1) is 0 Å². The van der Waals surface area contributed by atoms with E-state index in [1.807, 2.05) is 0 Å². The van der Waals surface area contributed by atoms with Gasteiger partial charge in [-0.2, -0.15) is 0 Å². The van der Waals surface area contributed by atoms with E-state index in [0.29, 0.717) is 0 Å². The molecule has 1 unspecified atom stereocenters. The molecule has 0 spiro atoms. The Balaban J connectivity index is 3.73. The first-order chi connectivity index (χ1) is 6.22. The molecule has 0 aliphatic carbocycles. The molecule has 13 heavy (non-hydrogen) atoms. The van der Waals surface area contributed by atoms with Crippen molar-refractivity contribution in [2.45, 2.75) is 59.8 Å². The van der Waals surface area contributed by atoms with Gasteiger partial charge in [-0.15, -0.1) is 0 Å². The van der Waals surface area contributed by atoms with Crippen LogP contribution in [-0.4, -0.2) is 0 Å². The van der Waals surface area contributed by atoms with E-state index in [2.05, 4.69) is 39.8 Å². The third-order valence-electron chi connectivity index (χ3n) is 2.71. The van der Waals surface area contributed by atoms with Crippen molar-refractivity contribution < 1.29 is 0 Å². The maximum absolute atomic E-state index is 2.36. The van der Waals surface area contributed by atoms with E-state index in [4.69, 9.17) is 0 Å². The molecule has 0 amide bonds. The van der Waals surface area contributed by atoms with Crippen LogP contribution in [0, 0.1) is 11.8 Å². The van der Waals surface area contributed by atoms with E-state index in [1.165, 1.54) is 32.1 Å². The molecule has 0 bridgehead atoms. The SMILES string of the molecule is CCC=CCC(CCCC)C(C)C. The third-order valence-corrected chi connectivity index (χ3v) is 2.71. The molecule has 1 atom stereocenters. The minimum Gasteiger partial charge on any atom is -0.0888 e. The summed E-state index contributed by atoms with van der Waals surface area (Å²) in [6.07, 6.45) is 11.2. The van der Waals surface area contributed by atoms with Gasteiger partial charge in [-0.3, -0.25) is 0 Å². The summed E-state index contributed by atoms with van der Waals surface area (Å²) in [5, 5.41) is 0. The van der Waals surface area contributed by atoms with Crippen LogP contribution < -0.4 is 0 Å². The monoisotopic (exact) mass is 182 g/mol. The molecule has 0 heterocycles. The van der Waals surface area contributed by atoms with E-state index in [0.717, 1.165) is 11.8 Å². The zero-order valence-corrected chi connectivity index (χ0v) is 9.84. The summed E-state index contributed by atoms with van der Waals surface area (Å²) in [6, 6.07) is 0. The first kappa shape index (κ1) is 12.7. The third kappa shape index (κ3) is 6.86. The molecular formula is C13H26. The predicted molar refractivity (Wildman–Crippen MR) is 61.9 cm³/mol. The van der Waals surface area contributed by atoms with E-state index in [-0.39, 0.29) is 0 Å². The van der Waals surface area contributed by atoms with Gasteiger partial charge < -0.3 is 0 Å². The molecule has 0 aliphatic rings. The molecular weight excluding hydrogens is 156 g/mol. The number of unbranched alkanes of at least 4 members (excludes halogenated alkanes) is 1. The van der Waals surface area contributed by atoms with Gasteiger partial charge >= 0.3 is 0 Å². The minimum atomic E-state index is 0.841. The Morgan fingerprint density at radius 2 is 1.77 bits per heavy atom. The van der Waals surface area contributed by atoms with E-state index < -0.39 is 0 Å². The molecule has 0 saturated heterocycles. The van der Waals surface area contributed by atoms with Crippen molar-refractivity contribution in [3.05, 3.63) is 12.2 Å². The minimum absolute atomic E-state index is 0.841. The quantitative estimate of drug-likeness (QED) is 0.496. The van der Waals surface area contributed by atoms with Crippen molar-refractivity contribution in [3.63, 3.8) is 0 Å². The van der Waals surface area contributed by atoms with Gasteiger partial charge in [-0.05, 0) is 31.1 Å². The molecule has 0 saturated carbocycles. The highest BCUT2D eigenvalue weighted by atomic mass is 14.2. The van der Waals surface area contributed by atoms with Crippen molar-refractivity contribution in [3.8, 4) is 0 Å². The van der Waals surface area contributed by atoms with Crippen molar-refractivity contribution >= 4 is 0 Å². The highest BCUT2D eigenvalue weighted by molar-refractivity contribution is 4.83. The second-order valence-corrected chi connectivity index (χ2v) is 4.26. The van der Waals surface area contributed by atoms with Crippen molar-refractivity contribution in [1.29, 1.82) is 0 Å². The Morgan fingerprint density at radius 1 is 1.08 bits per heavy atom. The zero-order valence-electron chi connectivity index (χ0n) is 9.84. The lowest BCUT2D eigenvalue weighted by Crippen LogP contribution is -2.07. The predicted octanol–water partition coefficient (Wildman–Crippen LogP) is 4.81. The van der Waals surface area contributed by atoms with Crippen LogP contribution in [0.1, 0.15) is 59.8 Å². The fourth-order valence-electron chi connectivity index (χ4n) is 1.63. The molecule has 78 valence electrons. The van der Waals surface area contributed by atoms with Crippen molar-refractivity contribution in [1.82, 2.24) is 0 Å². The molecule has 0 aliphatic heterocycles. The largest absolute Gasteiger partial charge is 0.0888 e. The van der Waals surface area contributed by atoms with Crippen LogP contribution in [-0.2, 0) is 0 Å². The topological polar surface area (TPSA) is 0 Å². The van der Waals surface area contributed by atoms with Crippen molar-refractivity contribution in [2.75, 3.05) is 0 Å². The Labute approximate surface area is 84.4 Å². The summed E-state index contributed by atoms with van der Waals surface area (Å²) >= 11 is 0. The summed E-state index contributed by atoms with van der Waals surface area (Å²) in [6.45, 7) is 9.17. The van der Waals surface area contributed by atoms with Crippen LogP contribution in [0.2, 0.25) is 0 Å². The molecule has 0 N–H and O–H groups in total. The van der Waals surface area contributed by atoms with Gasteiger partial charge in [0.1, 0.15) is 0 Å². The number of hydrogen-bond donors (Lipinski definition) is 0. The molecule has 0 fully saturated rings. The normalized spacial score (nSPS) is 14.2. The average Bonchev–Trinajstić information content (AvgIpc) is 2.10. The Bertz CT molecular complexity index is 122. The van der Waals surface area contributed by atoms with Gasteiger partial charge in [-0.1, -0.05) is 52.7 Å². The lowest BCUT2D eigenvalue weighted by Gasteiger charge is -2.18. The first-order valence-corrected chi connectivity index (χ1v) is 5.87. The Morgan fingerprint density at radius 3 is 2.23 bits per heavy atom. The lowest BCUT2D eigenvalue weighted by molar-refractivity contribution is 0.353. The highest BCUT2D eigenvalue weighted by Crippen LogP contribution is 2.22. The summed E-state index contributed by atoms with van der Waals surface area (Å²) in [4.78, 5) is 0. The standard InChI is InChI=1S/C13H26/c1-5-7-9-11-13(12(3)4)10-8-6-2/h7,9,12-13H,5-6,8,10-11H2,1-4H3. The molecule has 0 radical (unpaired) electrons. The first-order valence-electron chi connectivity index (χ1n) is 5.87. The van der Waals surface area contributed by atoms with Crippen molar-refractivity contribution in [2.24, 2.45) is 11.8 Å². The molecule has 0 heteroatoms. The maximum Gasteiger partial charge on any atom is -0.0320 e. The van der Waals surface area contributed by atoms with Gasteiger partial charge in [0.2, 0.25) is 0 Å².